The zero-order chi connectivity index (χ0) is 9.47. The van der Waals surface area contributed by atoms with Crippen molar-refractivity contribution in [3.63, 3.8) is 0 Å². The summed E-state index contributed by atoms with van der Waals surface area (Å²) in [5, 5.41) is 7.50. The van der Waals surface area contributed by atoms with Crippen molar-refractivity contribution in [2.24, 2.45) is 5.73 Å². The molecule has 1 heterocycles. The summed E-state index contributed by atoms with van der Waals surface area (Å²) in [6.45, 7) is 0. The van der Waals surface area contributed by atoms with E-state index in [1.807, 2.05) is 6.07 Å². The lowest BCUT2D eigenvalue weighted by Crippen LogP contribution is -2.27. The first-order valence-electron chi connectivity index (χ1n) is 4.11. The largest absolute Gasteiger partial charge is 0.387 e. The molecule has 2 rings (SSSR count). The monoisotopic (exact) mass is 239 g/mol. The molecule has 3 nitrogen and oxygen atoms in total. The number of amidine groups is 1. The van der Waals surface area contributed by atoms with Crippen LogP contribution in [0, 0.1) is 5.41 Å². The van der Waals surface area contributed by atoms with Gasteiger partial charge in [-0.2, -0.15) is 0 Å². The minimum absolute atomic E-state index is 0.198. The maximum Gasteiger partial charge on any atom is 0.101 e. The maximum atomic E-state index is 7.50. The van der Waals surface area contributed by atoms with Crippen molar-refractivity contribution in [1.82, 2.24) is 4.98 Å². The van der Waals surface area contributed by atoms with Crippen molar-refractivity contribution in [2.75, 3.05) is 0 Å². The zero-order valence-electron chi connectivity index (χ0n) is 7.05. The number of nitrogens with two attached hydrogens (primary N) is 1. The van der Waals surface area contributed by atoms with E-state index in [-0.39, 0.29) is 11.3 Å². The summed E-state index contributed by atoms with van der Waals surface area (Å²) in [4.78, 5) is 4.07. The Hall–Kier alpha value is -0.900. The SMILES string of the molecule is N=C(N)C1(c2cncc(Br)c2)CC1. The molecule has 0 unspecified atom stereocenters. The van der Waals surface area contributed by atoms with Gasteiger partial charge in [-0.15, -0.1) is 0 Å². The zero-order valence-corrected chi connectivity index (χ0v) is 8.63. The van der Waals surface area contributed by atoms with Gasteiger partial charge >= 0.3 is 0 Å². The smallest absolute Gasteiger partial charge is 0.101 e. The van der Waals surface area contributed by atoms with Crippen LogP contribution in [0.15, 0.2) is 22.9 Å². The van der Waals surface area contributed by atoms with Crippen molar-refractivity contribution in [1.29, 1.82) is 5.41 Å². The van der Waals surface area contributed by atoms with Gasteiger partial charge in [0, 0.05) is 16.9 Å². The molecule has 1 aromatic heterocycles. The number of hydrogen-bond acceptors (Lipinski definition) is 2. The van der Waals surface area contributed by atoms with Gasteiger partial charge in [-0.3, -0.25) is 10.4 Å². The molecule has 0 radical (unpaired) electrons. The molecule has 1 saturated carbocycles. The van der Waals surface area contributed by atoms with Gasteiger partial charge < -0.3 is 5.73 Å². The van der Waals surface area contributed by atoms with Gasteiger partial charge in [-0.1, -0.05) is 0 Å². The third-order valence-electron chi connectivity index (χ3n) is 2.52. The predicted octanol–water partition coefficient (Wildman–Crippen LogP) is 1.81. The van der Waals surface area contributed by atoms with Crippen LogP contribution in [-0.4, -0.2) is 10.8 Å². The summed E-state index contributed by atoms with van der Waals surface area (Å²) < 4.78 is 0.942. The van der Waals surface area contributed by atoms with Crippen LogP contribution in [0.2, 0.25) is 0 Å². The van der Waals surface area contributed by atoms with E-state index >= 15 is 0 Å². The number of nitrogens with zero attached hydrogens (tertiary/aromatic N) is 1. The van der Waals surface area contributed by atoms with Crippen LogP contribution in [-0.2, 0) is 5.41 Å². The van der Waals surface area contributed by atoms with E-state index in [0.717, 1.165) is 22.9 Å². The molecule has 0 aromatic carbocycles. The topological polar surface area (TPSA) is 62.8 Å². The number of hydrogen-bond donors (Lipinski definition) is 2. The molecule has 3 N–H and O–H groups in total. The standard InChI is InChI=1S/C9H10BrN3/c10-7-3-6(4-13-5-7)9(1-2-9)8(11)12/h3-5H,1-2H2,(H3,11,12). The molecule has 4 heteroatoms. The summed E-state index contributed by atoms with van der Waals surface area (Å²) in [7, 11) is 0. The van der Waals surface area contributed by atoms with Gasteiger partial charge in [0.05, 0.1) is 5.41 Å². The van der Waals surface area contributed by atoms with Crippen LogP contribution >= 0.6 is 15.9 Å². The van der Waals surface area contributed by atoms with E-state index in [2.05, 4.69) is 20.9 Å². The minimum atomic E-state index is -0.198. The van der Waals surface area contributed by atoms with Crippen LogP contribution in [0.1, 0.15) is 18.4 Å². The van der Waals surface area contributed by atoms with Gasteiger partial charge in [0.25, 0.3) is 0 Å². The third-order valence-corrected chi connectivity index (χ3v) is 2.96. The number of nitrogens with one attached hydrogen (secondary N) is 1. The Balaban J connectivity index is 2.41. The molecule has 0 spiro atoms. The fourth-order valence-electron chi connectivity index (χ4n) is 1.51. The number of rotatable bonds is 2. The fourth-order valence-corrected chi connectivity index (χ4v) is 1.88. The molecule has 1 aliphatic carbocycles. The van der Waals surface area contributed by atoms with E-state index in [1.54, 1.807) is 12.4 Å². The van der Waals surface area contributed by atoms with Gasteiger partial charge in [0.1, 0.15) is 5.84 Å². The number of pyridine rings is 1. The van der Waals surface area contributed by atoms with Crippen LogP contribution < -0.4 is 5.73 Å². The Morgan fingerprint density at radius 1 is 1.54 bits per heavy atom. The quantitative estimate of drug-likeness (QED) is 0.611. The lowest BCUT2D eigenvalue weighted by molar-refractivity contribution is 0.909. The lowest BCUT2D eigenvalue weighted by Gasteiger charge is -2.12. The first kappa shape index (κ1) is 8.69. The van der Waals surface area contributed by atoms with Crippen molar-refractivity contribution in [3.05, 3.63) is 28.5 Å². The Morgan fingerprint density at radius 2 is 2.23 bits per heavy atom. The molecule has 68 valence electrons. The Kier molecular flexibility index (Phi) is 1.87. The van der Waals surface area contributed by atoms with Crippen LogP contribution in [0.5, 0.6) is 0 Å². The van der Waals surface area contributed by atoms with E-state index in [4.69, 9.17) is 11.1 Å². The molecule has 0 bridgehead atoms. The molecular weight excluding hydrogens is 230 g/mol. The maximum absolute atomic E-state index is 7.50. The van der Waals surface area contributed by atoms with Gasteiger partial charge in [0.2, 0.25) is 0 Å². The van der Waals surface area contributed by atoms with Crippen molar-refractivity contribution >= 4 is 21.8 Å². The molecule has 0 amide bonds. The normalized spacial score (nSPS) is 18.2. The van der Waals surface area contributed by atoms with Crippen molar-refractivity contribution in [2.45, 2.75) is 18.3 Å². The Labute approximate surface area is 85.0 Å². The highest BCUT2D eigenvalue weighted by Crippen LogP contribution is 2.48. The second kappa shape index (κ2) is 2.80. The lowest BCUT2D eigenvalue weighted by atomic mass is 9.97. The predicted molar refractivity (Wildman–Crippen MR) is 54.8 cm³/mol. The van der Waals surface area contributed by atoms with E-state index in [1.165, 1.54) is 0 Å². The Bertz CT molecular complexity index is 358. The van der Waals surface area contributed by atoms with Crippen LogP contribution in [0.25, 0.3) is 0 Å². The average molecular weight is 240 g/mol. The summed E-state index contributed by atoms with van der Waals surface area (Å²) >= 11 is 3.36. The second-order valence-electron chi connectivity index (χ2n) is 3.39. The van der Waals surface area contributed by atoms with Gasteiger partial charge in [-0.05, 0) is 40.4 Å². The highest BCUT2D eigenvalue weighted by molar-refractivity contribution is 9.10. The minimum Gasteiger partial charge on any atom is -0.387 e. The molecule has 0 saturated heterocycles. The molecule has 1 aromatic rings. The van der Waals surface area contributed by atoms with Gasteiger partial charge in [0.15, 0.2) is 0 Å². The van der Waals surface area contributed by atoms with Crippen LogP contribution in [0.4, 0.5) is 0 Å². The molecule has 0 atom stereocenters. The van der Waals surface area contributed by atoms with E-state index in [0.29, 0.717) is 0 Å². The van der Waals surface area contributed by atoms with E-state index < -0.39 is 0 Å². The summed E-state index contributed by atoms with van der Waals surface area (Å²) in [5.41, 5.74) is 6.41. The number of halogens is 1. The second-order valence-corrected chi connectivity index (χ2v) is 4.30. The molecule has 1 fully saturated rings. The molecule has 13 heavy (non-hydrogen) atoms. The fraction of sp³-hybridized carbons (Fsp3) is 0.333. The number of aromatic nitrogens is 1. The summed E-state index contributed by atoms with van der Waals surface area (Å²) in [5.74, 6) is 0.257. The van der Waals surface area contributed by atoms with Crippen LogP contribution in [0.3, 0.4) is 0 Å². The van der Waals surface area contributed by atoms with Gasteiger partial charge in [-0.25, -0.2) is 0 Å². The molecule has 1 aliphatic rings. The first-order valence-corrected chi connectivity index (χ1v) is 4.90. The Morgan fingerprint density at radius 3 is 2.69 bits per heavy atom. The first-order chi connectivity index (χ1) is 6.15. The highest BCUT2D eigenvalue weighted by atomic mass is 79.9. The molecule has 0 aliphatic heterocycles. The highest BCUT2D eigenvalue weighted by Gasteiger charge is 2.47. The summed E-state index contributed by atoms with van der Waals surface area (Å²) in [6.07, 6.45) is 5.47. The van der Waals surface area contributed by atoms with Crippen molar-refractivity contribution in [3.8, 4) is 0 Å². The molecular formula is C9H10BrN3. The van der Waals surface area contributed by atoms with Crippen molar-refractivity contribution < 1.29 is 0 Å². The average Bonchev–Trinajstić information content (AvgIpc) is 2.83. The summed E-state index contributed by atoms with van der Waals surface area (Å²) in [6, 6.07) is 1.99. The van der Waals surface area contributed by atoms with E-state index in [9.17, 15) is 0 Å². The third kappa shape index (κ3) is 1.35.